The van der Waals surface area contributed by atoms with Crippen molar-refractivity contribution in [2.45, 2.75) is 0 Å². The van der Waals surface area contributed by atoms with Crippen LogP contribution in [0.3, 0.4) is 0 Å². The molecule has 0 amide bonds. The minimum atomic E-state index is -1.56. The molecule has 23 heavy (non-hydrogen) atoms. The Bertz CT molecular complexity index is 968. The number of carboxylic acids is 1. The number of benzene rings is 2. The summed E-state index contributed by atoms with van der Waals surface area (Å²) in [4.78, 5) is 11.1. The fourth-order valence-electron chi connectivity index (χ4n) is 2.24. The van der Waals surface area contributed by atoms with Crippen LogP contribution in [-0.2, 0) is 0 Å². The van der Waals surface area contributed by atoms with Crippen molar-refractivity contribution in [3.8, 4) is 11.1 Å². The van der Waals surface area contributed by atoms with Crippen molar-refractivity contribution in [2.24, 2.45) is 0 Å². The highest BCUT2D eigenvalue weighted by atomic mass is 35.5. The molecule has 3 aromatic rings. The summed E-state index contributed by atoms with van der Waals surface area (Å²) in [6, 6.07) is 3.92. The Morgan fingerprint density at radius 2 is 1.78 bits per heavy atom. The number of carbonyl (C=O) groups is 1. The van der Waals surface area contributed by atoms with Gasteiger partial charge in [-0.05, 0) is 24.3 Å². The lowest BCUT2D eigenvalue weighted by molar-refractivity contribution is 0.0703. The second-order valence-electron chi connectivity index (χ2n) is 4.60. The summed E-state index contributed by atoms with van der Waals surface area (Å²) in [6.45, 7) is 0. The normalized spacial score (nSPS) is 11.2. The van der Waals surface area contributed by atoms with Crippen LogP contribution in [0.4, 0.5) is 17.6 Å². The summed E-state index contributed by atoms with van der Waals surface area (Å²) in [7, 11) is 0. The number of aromatic carboxylic acids is 1. The molecule has 0 aliphatic rings. The molecule has 0 bridgehead atoms. The largest absolute Gasteiger partial charge is 0.477 e. The Morgan fingerprint density at radius 3 is 2.43 bits per heavy atom. The molecule has 0 aliphatic carbocycles. The maximum absolute atomic E-state index is 14.3. The smallest absolute Gasteiger partial charge is 0.346 e. The summed E-state index contributed by atoms with van der Waals surface area (Å²) in [5.41, 5.74) is -0.667. The van der Waals surface area contributed by atoms with Gasteiger partial charge in [0, 0.05) is 21.2 Å². The van der Waals surface area contributed by atoms with Crippen LogP contribution >= 0.6 is 22.9 Å². The number of carboxylic acid groups (broad SMARTS) is 1. The highest BCUT2D eigenvalue weighted by Gasteiger charge is 2.25. The van der Waals surface area contributed by atoms with Gasteiger partial charge in [-0.1, -0.05) is 11.6 Å². The quantitative estimate of drug-likeness (QED) is 0.373. The summed E-state index contributed by atoms with van der Waals surface area (Å²) in [5.74, 6) is -6.26. The van der Waals surface area contributed by atoms with Gasteiger partial charge in [0.25, 0.3) is 0 Å². The second-order valence-corrected chi connectivity index (χ2v) is 6.03. The third kappa shape index (κ3) is 2.46. The molecule has 1 aromatic heterocycles. The Balaban J connectivity index is 2.45. The Labute approximate surface area is 135 Å². The molecule has 3 rings (SSSR count). The van der Waals surface area contributed by atoms with Crippen LogP contribution in [0, 0.1) is 23.3 Å². The molecule has 0 aliphatic heterocycles. The molecule has 2 nitrogen and oxygen atoms in total. The van der Waals surface area contributed by atoms with Gasteiger partial charge in [0.05, 0.1) is 0 Å². The molecule has 2 aromatic carbocycles. The standard InChI is InChI=1S/C15H5ClF4O2S/c16-11-12(19)7(4-8(18)13(11)20)10-6-2-1-5(17)3-9(6)23-14(10)15(21)22/h1-4H,(H,21,22). The number of halogens is 5. The predicted molar refractivity (Wildman–Crippen MR) is 79.1 cm³/mol. The first-order valence-corrected chi connectivity index (χ1v) is 7.29. The van der Waals surface area contributed by atoms with Gasteiger partial charge in [-0.15, -0.1) is 11.3 Å². The number of fused-ring (bicyclic) bond motifs is 1. The lowest BCUT2D eigenvalue weighted by atomic mass is 10.0. The Kier molecular flexibility index (Phi) is 3.77. The number of thiophene rings is 1. The van der Waals surface area contributed by atoms with Gasteiger partial charge in [0.2, 0.25) is 0 Å². The highest BCUT2D eigenvalue weighted by molar-refractivity contribution is 7.21. The van der Waals surface area contributed by atoms with E-state index in [2.05, 4.69) is 0 Å². The van der Waals surface area contributed by atoms with E-state index in [-0.39, 0.29) is 20.5 Å². The second kappa shape index (κ2) is 5.50. The molecule has 0 atom stereocenters. The molecule has 118 valence electrons. The van der Waals surface area contributed by atoms with E-state index >= 15 is 0 Å². The van der Waals surface area contributed by atoms with E-state index in [4.69, 9.17) is 11.6 Å². The Hall–Kier alpha value is -2.12. The number of rotatable bonds is 2. The molecule has 0 spiro atoms. The predicted octanol–water partition coefficient (Wildman–Crippen LogP) is 5.48. The molecule has 8 heteroatoms. The third-order valence-corrected chi connectivity index (χ3v) is 4.69. The molecule has 1 heterocycles. The van der Waals surface area contributed by atoms with Crippen molar-refractivity contribution >= 4 is 39.0 Å². The average molecular weight is 361 g/mol. The van der Waals surface area contributed by atoms with Crippen molar-refractivity contribution in [1.82, 2.24) is 0 Å². The lowest BCUT2D eigenvalue weighted by Gasteiger charge is -2.07. The van der Waals surface area contributed by atoms with Gasteiger partial charge >= 0.3 is 5.97 Å². The van der Waals surface area contributed by atoms with E-state index in [0.29, 0.717) is 17.4 Å². The Morgan fingerprint density at radius 1 is 1.09 bits per heavy atom. The van der Waals surface area contributed by atoms with Gasteiger partial charge < -0.3 is 5.11 Å². The number of hydrogen-bond donors (Lipinski definition) is 1. The summed E-state index contributed by atoms with van der Waals surface area (Å²) >= 11 is 6.12. The highest BCUT2D eigenvalue weighted by Crippen LogP contribution is 2.42. The van der Waals surface area contributed by atoms with E-state index in [1.54, 1.807) is 0 Å². The zero-order valence-corrected chi connectivity index (χ0v) is 12.5. The topological polar surface area (TPSA) is 37.3 Å². The SMILES string of the molecule is O=C(O)c1sc2cc(F)ccc2c1-c1cc(F)c(F)c(Cl)c1F. The van der Waals surface area contributed by atoms with Crippen LogP contribution in [0.1, 0.15) is 9.67 Å². The van der Waals surface area contributed by atoms with E-state index in [1.165, 1.54) is 6.07 Å². The van der Waals surface area contributed by atoms with Crippen molar-refractivity contribution < 1.29 is 27.5 Å². The van der Waals surface area contributed by atoms with E-state index in [0.717, 1.165) is 12.1 Å². The molecule has 0 fully saturated rings. The molecule has 0 unspecified atom stereocenters. The monoisotopic (exact) mass is 360 g/mol. The molecule has 0 saturated heterocycles. The minimum absolute atomic E-state index is 0.171. The first-order valence-electron chi connectivity index (χ1n) is 6.10. The fourth-order valence-corrected chi connectivity index (χ4v) is 3.52. The average Bonchev–Trinajstić information content (AvgIpc) is 2.87. The molecule has 0 radical (unpaired) electrons. The van der Waals surface area contributed by atoms with Gasteiger partial charge in [0.15, 0.2) is 17.5 Å². The number of hydrogen-bond acceptors (Lipinski definition) is 2. The van der Waals surface area contributed by atoms with Gasteiger partial charge in [-0.2, -0.15) is 0 Å². The van der Waals surface area contributed by atoms with Crippen LogP contribution < -0.4 is 0 Å². The third-order valence-electron chi connectivity index (χ3n) is 3.22. The zero-order chi connectivity index (χ0) is 16.9. The van der Waals surface area contributed by atoms with Crippen molar-refractivity contribution in [3.63, 3.8) is 0 Å². The molecular weight excluding hydrogens is 356 g/mol. The lowest BCUT2D eigenvalue weighted by Crippen LogP contribution is -1.99. The van der Waals surface area contributed by atoms with E-state index in [1.807, 2.05) is 0 Å². The first kappa shape index (κ1) is 15.8. The van der Waals surface area contributed by atoms with E-state index in [9.17, 15) is 27.5 Å². The van der Waals surface area contributed by atoms with Crippen LogP contribution in [0.2, 0.25) is 5.02 Å². The molecule has 0 saturated carbocycles. The van der Waals surface area contributed by atoms with E-state index < -0.39 is 39.8 Å². The summed E-state index contributed by atoms with van der Waals surface area (Å²) in [5, 5.41) is 8.41. The summed E-state index contributed by atoms with van der Waals surface area (Å²) < 4.78 is 54.7. The molecular formula is C15H5ClF4O2S. The summed E-state index contributed by atoms with van der Waals surface area (Å²) in [6.07, 6.45) is 0. The van der Waals surface area contributed by atoms with Crippen LogP contribution in [0.25, 0.3) is 21.2 Å². The minimum Gasteiger partial charge on any atom is -0.477 e. The maximum Gasteiger partial charge on any atom is 0.346 e. The van der Waals surface area contributed by atoms with Crippen LogP contribution in [0.15, 0.2) is 24.3 Å². The maximum atomic E-state index is 14.3. The van der Waals surface area contributed by atoms with Crippen molar-refractivity contribution in [3.05, 3.63) is 57.4 Å². The zero-order valence-electron chi connectivity index (χ0n) is 11.0. The van der Waals surface area contributed by atoms with Gasteiger partial charge in [0.1, 0.15) is 15.7 Å². The van der Waals surface area contributed by atoms with Crippen LogP contribution in [-0.4, -0.2) is 11.1 Å². The van der Waals surface area contributed by atoms with Gasteiger partial charge in [-0.3, -0.25) is 0 Å². The first-order chi connectivity index (χ1) is 10.8. The van der Waals surface area contributed by atoms with Crippen LogP contribution in [0.5, 0.6) is 0 Å². The van der Waals surface area contributed by atoms with Crippen molar-refractivity contribution in [2.75, 3.05) is 0 Å². The van der Waals surface area contributed by atoms with Crippen molar-refractivity contribution in [1.29, 1.82) is 0 Å². The fraction of sp³-hybridized carbons (Fsp3) is 0. The van der Waals surface area contributed by atoms with Gasteiger partial charge in [-0.25, -0.2) is 22.4 Å². The molecule has 1 N–H and O–H groups in total.